The summed E-state index contributed by atoms with van der Waals surface area (Å²) < 4.78 is 0. The Kier molecular flexibility index (Phi) is 4.32. The maximum absolute atomic E-state index is 11.7. The molecule has 0 aliphatic carbocycles. The lowest BCUT2D eigenvalue weighted by Crippen LogP contribution is -2.10. The number of nitrogens with two attached hydrogens (primary N) is 1. The Morgan fingerprint density at radius 3 is 2.81 bits per heavy atom. The number of benzene rings is 2. The highest BCUT2D eigenvalue weighted by Crippen LogP contribution is 2.33. The molecule has 0 radical (unpaired) electrons. The Morgan fingerprint density at radius 1 is 1.12 bits per heavy atom. The molecule has 2 heterocycles. The highest BCUT2D eigenvalue weighted by Gasteiger charge is 2.14. The summed E-state index contributed by atoms with van der Waals surface area (Å²) in [7, 11) is 0. The van der Waals surface area contributed by atoms with Crippen molar-refractivity contribution in [2.45, 2.75) is 0 Å². The second-order valence-corrected chi connectivity index (χ2v) is 7.10. The van der Waals surface area contributed by atoms with E-state index in [2.05, 4.69) is 10.2 Å². The quantitative estimate of drug-likeness (QED) is 0.510. The summed E-state index contributed by atoms with van der Waals surface area (Å²) in [5.41, 5.74) is 9.92. The summed E-state index contributed by atoms with van der Waals surface area (Å²) in [6, 6.07) is 15.4. The monoisotopic (exact) mass is 379 g/mol. The van der Waals surface area contributed by atoms with Gasteiger partial charge in [-0.2, -0.15) is 5.10 Å². The number of carbonyl (C=O) groups excluding carboxylic acids is 1. The number of fused-ring (bicyclic) bond motifs is 1. The number of rotatable bonds is 4. The molecule has 6 heteroatoms. The van der Waals surface area contributed by atoms with Gasteiger partial charge in [0.1, 0.15) is 0 Å². The van der Waals surface area contributed by atoms with Gasteiger partial charge in [-0.15, -0.1) is 11.3 Å². The standard InChI is InChI=1S/C20H14ClN3OS/c21-13-7-5-12(16(11-13)14-9-10-26-19(14)20(22)25)6-8-18-15-3-1-2-4-17(15)23-24-18/h1-11H,(H2,22,25)(H,23,24). The van der Waals surface area contributed by atoms with Crippen molar-refractivity contribution in [1.29, 1.82) is 0 Å². The third kappa shape index (κ3) is 3.03. The molecule has 4 nitrogen and oxygen atoms in total. The SMILES string of the molecule is NC(=O)c1sccc1-c1cc(Cl)ccc1C=Cc1n[nH]c2ccccc12. The van der Waals surface area contributed by atoms with Gasteiger partial charge in [-0.3, -0.25) is 9.89 Å². The fourth-order valence-corrected chi connectivity index (χ4v) is 3.83. The molecule has 3 N–H and O–H groups in total. The molecule has 0 fully saturated rings. The van der Waals surface area contributed by atoms with Crippen LogP contribution in [0.2, 0.25) is 5.02 Å². The molecule has 0 unspecified atom stereocenters. The molecule has 0 spiro atoms. The van der Waals surface area contributed by atoms with Crippen molar-refractivity contribution < 1.29 is 4.79 Å². The van der Waals surface area contributed by atoms with E-state index in [0.717, 1.165) is 33.3 Å². The number of hydrogen-bond donors (Lipinski definition) is 2. The van der Waals surface area contributed by atoms with Crippen molar-refractivity contribution in [1.82, 2.24) is 10.2 Å². The van der Waals surface area contributed by atoms with Crippen molar-refractivity contribution in [3.8, 4) is 11.1 Å². The molecule has 4 rings (SSSR count). The maximum atomic E-state index is 11.7. The number of hydrogen-bond acceptors (Lipinski definition) is 3. The fourth-order valence-electron chi connectivity index (χ4n) is 2.90. The minimum atomic E-state index is -0.441. The summed E-state index contributed by atoms with van der Waals surface area (Å²) in [5, 5.41) is 10.9. The average Bonchev–Trinajstić information content (AvgIpc) is 3.28. The van der Waals surface area contributed by atoms with Gasteiger partial charge in [0.2, 0.25) is 0 Å². The summed E-state index contributed by atoms with van der Waals surface area (Å²) in [5.74, 6) is -0.441. The molecule has 0 aliphatic heterocycles. The molecule has 0 atom stereocenters. The first kappa shape index (κ1) is 16.6. The number of aromatic amines is 1. The van der Waals surface area contributed by atoms with Crippen LogP contribution < -0.4 is 5.73 Å². The third-order valence-corrected chi connectivity index (χ3v) is 5.28. The minimum absolute atomic E-state index is 0.441. The van der Waals surface area contributed by atoms with Crippen molar-refractivity contribution in [2.24, 2.45) is 5.73 Å². The highest BCUT2D eigenvalue weighted by molar-refractivity contribution is 7.12. The molecule has 4 aromatic rings. The normalized spacial score (nSPS) is 11.4. The Morgan fingerprint density at radius 2 is 1.96 bits per heavy atom. The summed E-state index contributed by atoms with van der Waals surface area (Å²) in [6.07, 6.45) is 3.92. The molecule has 0 bridgehead atoms. The van der Waals surface area contributed by atoms with Crippen LogP contribution in [0.15, 0.2) is 53.9 Å². The first-order chi connectivity index (χ1) is 12.6. The van der Waals surface area contributed by atoms with E-state index in [1.165, 1.54) is 11.3 Å². The topological polar surface area (TPSA) is 71.8 Å². The van der Waals surface area contributed by atoms with Crippen molar-refractivity contribution in [3.63, 3.8) is 0 Å². The van der Waals surface area contributed by atoms with Gasteiger partial charge in [-0.05, 0) is 46.8 Å². The number of carbonyl (C=O) groups is 1. The van der Waals surface area contributed by atoms with Gasteiger partial charge in [0.05, 0.1) is 16.1 Å². The first-order valence-corrected chi connectivity index (χ1v) is 9.17. The maximum Gasteiger partial charge on any atom is 0.259 e. The first-order valence-electron chi connectivity index (χ1n) is 7.92. The number of aromatic nitrogens is 2. The lowest BCUT2D eigenvalue weighted by molar-refractivity contribution is 0.100. The zero-order valence-corrected chi connectivity index (χ0v) is 15.1. The second-order valence-electron chi connectivity index (χ2n) is 5.75. The van der Waals surface area contributed by atoms with Crippen LogP contribution in [0, 0.1) is 0 Å². The van der Waals surface area contributed by atoms with E-state index < -0.39 is 5.91 Å². The van der Waals surface area contributed by atoms with Gasteiger partial charge in [0, 0.05) is 16.0 Å². The zero-order chi connectivity index (χ0) is 18.1. The molecule has 2 aromatic heterocycles. The van der Waals surface area contributed by atoms with Gasteiger partial charge in [0.15, 0.2) is 0 Å². The van der Waals surface area contributed by atoms with E-state index in [1.54, 1.807) is 0 Å². The predicted octanol–water partition coefficient (Wildman–Crippen LogP) is 5.21. The van der Waals surface area contributed by atoms with Crippen LogP contribution in [-0.4, -0.2) is 16.1 Å². The molecular formula is C20H14ClN3OS. The van der Waals surface area contributed by atoms with Crippen LogP contribution in [0.1, 0.15) is 20.9 Å². The molecular weight excluding hydrogens is 366 g/mol. The number of nitrogens with one attached hydrogen (secondary N) is 1. The number of primary amides is 1. The Bertz CT molecular complexity index is 1140. The van der Waals surface area contributed by atoms with Crippen LogP contribution >= 0.6 is 22.9 Å². The Balaban J connectivity index is 1.80. The molecule has 128 valence electrons. The Labute approximate surface area is 158 Å². The number of nitrogens with zero attached hydrogens (tertiary/aromatic N) is 1. The summed E-state index contributed by atoms with van der Waals surface area (Å²) in [4.78, 5) is 12.2. The van der Waals surface area contributed by atoms with Crippen LogP contribution in [0.3, 0.4) is 0 Å². The van der Waals surface area contributed by atoms with Crippen molar-refractivity contribution in [3.05, 3.63) is 75.1 Å². The summed E-state index contributed by atoms with van der Waals surface area (Å²) >= 11 is 7.51. The number of para-hydroxylation sites is 1. The van der Waals surface area contributed by atoms with Gasteiger partial charge in [0.25, 0.3) is 5.91 Å². The molecule has 0 saturated heterocycles. The molecule has 1 amide bonds. The molecule has 0 saturated carbocycles. The lowest BCUT2D eigenvalue weighted by Gasteiger charge is -2.07. The number of halogens is 1. The number of thiophene rings is 1. The van der Waals surface area contributed by atoms with Crippen molar-refractivity contribution >= 4 is 51.9 Å². The predicted molar refractivity (Wildman–Crippen MR) is 108 cm³/mol. The van der Waals surface area contributed by atoms with Crippen LogP contribution in [0.25, 0.3) is 34.2 Å². The van der Waals surface area contributed by atoms with Crippen LogP contribution in [0.4, 0.5) is 0 Å². The average molecular weight is 380 g/mol. The van der Waals surface area contributed by atoms with Crippen LogP contribution in [0.5, 0.6) is 0 Å². The van der Waals surface area contributed by atoms with Gasteiger partial charge in [-0.25, -0.2) is 0 Å². The fraction of sp³-hybridized carbons (Fsp3) is 0. The van der Waals surface area contributed by atoms with E-state index in [1.807, 2.05) is 66.1 Å². The van der Waals surface area contributed by atoms with Crippen molar-refractivity contribution in [2.75, 3.05) is 0 Å². The zero-order valence-electron chi connectivity index (χ0n) is 13.6. The molecule has 26 heavy (non-hydrogen) atoms. The highest BCUT2D eigenvalue weighted by atomic mass is 35.5. The van der Waals surface area contributed by atoms with E-state index in [-0.39, 0.29) is 0 Å². The molecule has 0 aliphatic rings. The van der Waals surface area contributed by atoms with Gasteiger partial charge >= 0.3 is 0 Å². The second kappa shape index (κ2) is 6.78. The third-order valence-electron chi connectivity index (χ3n) is 4.12. The lowest BCUT2D eigenvalue weighted by atomic mass is 9.99. The van der Waals surface area contributed by atoms with Gasteiger partial charge < -0.3 is 5.73 Å². The largest absolute Gasteiger partial charge is 0.365 e. The van der Waals surface area contributed by atoms with E-state index in [4.69, 9.17) is 17.3 Å². The van der Waals surface area contributed by atoms with E-state index in [9.17, 15) is 4.79 Å². The number of amides is 1. The summed E-state index contributed by atoms with van der Waals surface area (Å²) in [6.45, 7) is 0. The minimum Gasteiger partial charge on any atom is -0.365 e. The Hall–Kier alpha value is -2.89. The smallest absolute Gasteiger partial charge is 0.259 e. The van der Waals surface area contributed by atoms with E-state index in [0.29, 0.717) is 9.90 Å². The van der Waals surface area contributed by atoms with Gasteiger partial charge in [-0.1, -0.05) is 41.9 Å². The van der Waals surface area contributed by atoms with Crippen LogP contribution in [-0.2, 0) is 0 Å². The molecule has 2 aromatic carbocycles. The number of H-pyrrole nitrogens is 1. The van der Waals surface area contributed by atoms with E-state index >= 15 is 0 Å².